The molecule has 0 saturated heterocycles. The number of rotatable bonds is 4. The predicted octanol–water partition coefficient (Wildman–Crippen LogP) is 3.42. The summed E-state index contributed by atoms with van der Waals surface area (Å²) in [5, 5.41) is 3.48. The lowest BCUT2D eigenvalue weighted by molar-refractivity contribution is 0.460. The molecule has 2 unspecified atom stereocenters. The molecule has 0 radical (unpaired) electrons. The Hall–Kier alpha value is -0.580. The van der Waals surface area contributed by atoms with Crippen molar-refractivity contribution in [3.63, 3.8) is 0 Å². The molecule has 0 aromatic heterocycles. The van der Waals surface area contributed by atoms with Gasteiger partial charge in [-0.3, -0.25) is 0 Å². The summed E-state index contributed by atoms with van der Waals surface area (Å²) in [4.78, 5) is 0.347. The summed E-state index contributed by atoms with van der Waals surface area (Å²) in [6.45, 7) is 2.82. The Labute approximate surface area is 126 Å². The lowest BCUT2D eigenvalue weighted by Crippen LogP contribution is -2.43. The number of halogens is 1. The Balaban J connectivity index is 2.34. The topological polar surface area (TPSA) is 46.2 Å². The highest BCUT2D eigenvalue weighted by atomic mass is 35.5. The van der Waals surface area contributed by atoms with E-state index in [1.807, 2.05) is 6.92 Å². The fraction of sp³-hybridized carbons (Fsp3) is 0.600. The molecule has 2 rings (SSSR count). The van der Waals surface area contributed by atoms with Crippen molar-refractivity contribution >= 4 is 21.4 Å². The van der Waals surface area contributed by atoms with Gasteiger partial charge in [0.25, 0.3) is 0 Å². The molecule has 5 heteroatoms. The molecule has 1 aliphatic rings. The summed E-state index contributed by atoms with van der Waals surface area (Å²) in [5.74, 6) is 0. The smallest absolute Gasteiger partial charge is 0.182 e. The van der Waals surface area contributed by atoms with Crippen molar-refractivity contribution in [3.05, 3.63) is 29.3 Å². The quantitative estimate of drug-likeness (QED) is 0.866. The van der Waals surface area contributed by atoms with Gasteiger partial charge in [-0.2, -0.15) is 0 Å². The molecule has 1 aromatic rings. The first-order valence-electron chi connectivity index (χ1n) is 7.28. The van der Waals surface area contributed by atoms with Crippen molar-refractivity contribution in [1.29, 1.82) is 0 Å². The van der Waals surface area contributed by atoms with Crippen LogP contribution in [-0.2, 0) is 9.84 Å². The summed E-state index contributed by atoms with van der Waals surface area (Å²) in [6, 6.07) is 6.66. The molecule has 1 aliphatic carbocycles. The van der Waals surface area contributed by atoms with Gasteiger partial charge in [-0.25, -0.2) is 8.42 Å². The molecule has 2 atom stereocenters. The van der Waals surface area contributed by atoms with Gasteiger partial charge in [-0.15, -0.1) is 0 Å². The van der Waals surface area contributed by atoms with Gasteiger partial charge in [0.15, 0.2) is 9.84 Å². The molecule has 1 fully saturated rings. The van der Waals surface area contributed by atoms with Gasteiger partial charge in [0.05, 0.1) is 10.1 Å². The maximum Gasteiger partial charge on any atom is 0.182 e. The SMILES string of the molecule is CCNC1CCCCCC1S(=O)(=O)c1cccc(Cl)c1. The third kappa shape index (κ3) is 3.54. The second-order valence-electron chi connectivity index (χ2n) is 5.34. The fourth-order valence-electron chi connectivity index (χ4n) is 2.96. The van der Waals surface area contributed by atoms with E-state index in [-0.39, 0.29) is 11.3 Å². The van der Waals surface area contributed by atoms with E-state index in [0.717, 1.165) is 38.6 Å². The van der Waals surface area contributed by atoms with E-state index in [1.54, 1.807) is 24.3 Å². The van der Waals surface area contributed by atoms with Crippen LogP contribution in [-0.4, -0.2) is 26.3 Å². The van der Waals surface area contributed by atoms with Gasteiger partial charge < -0.3 is 5.32 Å². The Morgan fingerprint density at radius 3 is 2.70 bits per heavy atom. The van der Waals surface area contributed by atoms with E-state index in [4.69, 9.17) is 11.6 Å². The third-order valence-electron chi connectivity index (χ3n) is 3.94. The normalized spacial score (nSPS) is 24.3. The predicted molar refractivity (Wildman–Crippen MR) is 83.0 cm³/mol. The van der Waals surface area contributed by atoms with Crippen molar-refractivity contribution in [3.8, 4) is 0 Å². The Morgan fingerprint density at radius 2 is 2.00 bits per heavy atom. The maximum absolute atomic E-state index is 12.9. The van der Waals surface area contributed by atoms with E-state index in [2.05, 4.69) is 5.32 Å². The third-order valence-corrected chi connectivity index (χ3v) is 6.45. The molecule has 3 nitrogen and oxygen atoms in total. The minimum atomic E-state index is -3.33. The Bertz CT molecular complexity index is 545. The molecule has 1 saturated carbocycles. The number of hydrogen-bond acceptors (Lipinski definition) is 3. The van der Waals surface area contributed by atoms with E-state index >= 15 is 0 Å². The van der Waals surface area contributed by atoms with Crippen LogP contribution in [0.1, 0.15) is 39.0 Å². The average Bonchev–Trinajstić information content (AvgIpc) is 2.65. The van der Waals surface area contributed by atoms with Crippen LogP contribution in [0.2, 0.25) is 5.02 Å². The van der Waals surface area contributed by atoms with Gasteiger partial charge in [-0.05, 0) is 37.6 Å². The van der Waals surface area contributed by atoms with Crippen molar-refractivity contribution in [2.75, 3.05) is 6.54 Å². The monoisotopic (exact) mass is 315 g/mol. The molecule has 0 spiro atoms. The van der Waals surface area contributed by atoms with Gasteiger partial charge in [0.1, 0.15) is 0 Å². The van der Waals surface area contributed by atoms with Crippen molar-refractivity contribution in [1.82, 2.24) is 5.32 Å². The minimum absolute atomic E-state index is 0.0477. The lowest BCUT2D eigenvalue weighted by atomic mass is 10.1. The largest absolute Gasteiger partial charge is 0.313 e. The Kier molecular flexibility index (Phi) is 5.47. The van der Waals surface area contributed by atoms with E-state index in [1.165, 1.54) is 0 Å². The van der Waals surface area contributed by atoms with Crippen LogP contribution in [0.4, 0.5) is 0 Å². The van der Waals surface area contributed by atoms with Crippen LogP contribution in [0, 0.1) is 0 Å². The van der Waals surface area contributed by atoms with E-state index < -0.39 is 9.84 Å². The summed E-state index contributed by atoms with van der Waals surface area (Å²) in [7, 11) is -3.33. The van der Waals surface area contributed by atoms with Crippen LogP contribution in [0.25, 0.3) is 0 Å². The maximum atomic E-state index is 12.9. The van der Waals surface area contributed by atoms with E-state index in [0.29, 0.717) is 9.92 Å². The number of sulfone groups is 1. The zero-order valence-electron chi connectivity index (χ0n) is 11.8. The van der Waals surface area contributed by atoms with Gasteiger partial charge in [0, 0.05) is 11.1 Å². The highest BCUT2D eigenvalue weighted by molar-refractivity contribution is 7.92. The minimum Gasteiger partial charge on any atom is -0.313 e. The first kappa shape index (κ1) is 15.8. The molecule has 0 bridgehead atoms. The van der Waals surface area contributed by atoms with Crippen molar-refractivity contribution in [2.45, 2.75) is 55.2 Å². The number of benzene rings is 1. The first-order chi connectivity index (χ1) is 9.55. The summed E-state index contributed by atoms with van der Waals surface area (Å²) < 4.78 is 25.8. The second-order valence-corrected chi connectivity index (χ2v) is 7.95. The first-order valence-corrected chi connectivity index (χ1v) is 9.21. The van der Waals surface area contributed by atoms with Gasteiger partial charge in [0.2, 0.25) is 0 Å². The van der Waals surface area contributed by atoms with Crippen LogP contribution in [0.5, 0.6) is 0 Å². The fourth-order valence-corrected chi connectivity index (χ4v) is 5.27. The van der Waals surface area contributed by atoms with Gasteiger partial charge in [-0.1, -0.05) is 43.9 Å². The van der Waals surface area contributed by atoms with Crippen LogP contribution in [0.15, 0.2) is 29.2 Å². The van der Waals surface area contributed by atoms with E-state index in [9.17, 15) is 8.42 Å². The molecule has 1 N–H and O–H groups in total. The summed E-state index contributed by atoms with van der Waals surface area (Å²) in [5.41, 5.74) is 0. The van der Waals surface area contributed by atoms with Gasteiger partial charge >= 0.3 is 0 Å². The molecule has 20 heavy (non-hydrogen) atoms. The summed E-state index contributed by atoms with van der Waals surface area (Å²) in [6.07, 6.45) is 4.85. The molecule has 112 valence electrons. The Morgan fingerprint density at radius 1 is 1.25 bits per heavy atom. The van der Waals surface area contributed by atoms with Crippen molar-refractivity contribution < 1.29 is 8.42 Å². The number of hydrogen-bond donors (Lipinski definition) is 1. The lowest BCUT2D eigenvalue weighted by Gasteiger charge is -2.26. The van der Waals surface area contributed by atoms with Crippen LogP contribution in [0.3, 0.4) is 0 Å². The molecular formula is C15H22ClNO2S. The van der Waals surface area contributed by atoms with Crippen LogP contribution < -0.4 is 5.32 Å². The average molecular weight is 316 g/mol. The highest BCUT2D eigenvalue weighted by Crippen LogP contribution is 2.29. The molecular weight excluding hydrogens is 294 g/mol. The van der Waals surface area contributed by atoms with Crippen molar-refractivity contribution in [2.24, 2.45) is 0 Å². The molecule has 0 heterocycles. The molecule has 0 aliphatic heterocycles. The highest BCUT2D eigenvalue weighted by Gasteiger charge is 2.35. The summed E-state index contributed by atoms with van der Waals surface area (Å²) >= 11 is 5.94. The second kappa shape index (κ2) is 6.92. The zero-order valence-corrected chi connectivity index (χ0v) is 13.4. The molecule has 1 aromatic carbocycles. The van der Waals surface area contributed by atoms with Crippen LogP contribution >= 0.6 is 11.6 Å². The standard InChI is InChI=1S/C15H22ClNO2S/c1-2-17-14-9-4-3-5-10-15(14)20(18,19)13-8-6-7-12(16)11-13/h6-8,11,14-15,17H,2-5,9-10H2,1H3. The number of nitrogens with one attached hydrogen (secondary N) is 1. The zero-order chi connectivity index (χ0) is 14.6. The molecule has 0 amide bonds.